The molecular weight excluding hydrogens is 296 g/mol. The minimum atomic E-state index is -0.191. The van der Waals surface area contributed by atoms with Crippen molar-refractivity contribution in [1.29, 1.82) is 0 Å². The zero-order chi connectivity index (χ0) is 16.7. The van der Waals surface area contributed by atoms with Crippen molar-refractivity contribution in [3.8, 4) is 0 Å². The van der Waals surface area contributed by atoms with Gasteiger partial charge in [0.05, 0.1) is 19.8 Å². The summed E-state index contributed by atoms with van der Waals surface area (Å²) in [4.78, 5) is 13.0. The van der Waals surface area contributed by atoms with Gasteiger partial charge in [-0.05, 0) is 30.0 Å². The smallest absolute Gasteiger partial charge is 0.268 e. The van der Waals surface area contributed by atoms with Crippen LogP contribution < -0.4 is 0 Å². The van der Waals surface area contributed by atoms with Gasteiger partial charge in [0.1, 0.15) is 0 Å². The SMILES string of the molecule is CCCN(C(=O)c1ccc(CCO)cc1CO)N1CCOCC1. The van der Waals surface area contributed by atoms with Crippen LogP contribution in [0.25, 0.3) is 0 Å². The number of carbonyl (C=O) groups excluding carboxylic acids is 1. The molecule has 23 heavy (non-hydrogen) atoms. The van der Waals surface area contributed by atoms with Gasteiger partial charge in [-0.1, -0.05) is 19.1 Å². The third-order valence-corrected chi connectivity index (χ3v) is 3.97. The lowest BCUT2D eigenvalue weighted by molar-refractivity contribution is -0.0698. The van der Waals surface area contributed by atoms with Gasteiger partial charge >= 0.3 is 0 Å². The van der Waals surface area contributed by atoms with E-state index in [-0.39, 0.29) is 19.1 Å². The van der Waals surface area contributed by atoms with Crippen molar-refractivity contribution >= 4 is 5.91 Å². The predicted octanol–water partition coefficient (Wildman–Crippen LogP) is 0.813. The monoisotopic (exact) mass is 322 g/mol. The lowest BCUT2D eigenvalue weighted by Crippen LogP contribution is -2.52. The zero-order valence-corrected chi connectivity index (χ0v) is 13.7. The van der Waals surface area contributed by atoms with Crippen LogP contribution in [0.1, 0.15) is 34.8 Å². The lowest BCUT2D eigenvalue weighted by atomic mass is 10.0. The van der Waals surface area contributed by atoms with Crippen LogP contribution in [0.3, 0.4) is 0 Å². The van der Waals surface area contributed by atoms with E-state index in [1.807, 2.05) is 18.0 Å². The quantitative estimate of drug-likeness (QED) is 0.777. The molecule has 128 valence electrons. The average Bonchev–Trinajstić information content (AvgIpc) is 2.60. The number of nitrogens with zero attached hydrogens (tertiary/aromatic N) is 2. The first-order valence-electron chi connectivity index (χ1n) is 8.19. The fraction of sp³-hybridized carbons (Fsp3) is 0.588. The van der Waals surface area contributed by atoms with Gasteiger partial charge in [0.15, 0.2) is 0 Å². The molecule has 0 bridgehead atoms. The Morgan fingerprint density at radius 3 is 2.65 bits per heavy atom. The Kier molecular flexibility index (Phi) is 6.98. The summed E-state index contributed by atoms with van der Waals surface area (Å²) in [5.74, 6) is -0.0895. The highest BCUT2D eigenvalue weighted by atomic mass is 16.5. The number of ether oxygens (including phenoxy) is 1. The summed E-state index contributed by atoms with van der Waals surface area (Å²) < 4.78 is 5.36. The molecule has 0 saturated carbocycles. The van der Waals surface area contributed by atoms with Crippen molar-refractivity contribution in [3.05, 3.63) is 34.9 Å². The molecule has 1 aromatic rings. The first kappa shape index (κ1) is 17.9. The molecule has 1 aliphatic rings. The Labute approximate surface area is 137 Å². The molecule has 1 fully saturated rings. The number of hydrogen-bond acceptors (Lipinski definition) is 5. The number of rotatable bonds is 7. The van der Waals surface area contributed by atoms with Crippen LogP contribution in [0.2, 0.25) is 0 Å². The second-order valence-corrected chi connectivity index (χ2v) is 5.62. The Bertz CT molecular complexity index is 515. The second-order valence-electron chi connectivity index (χ2n) is 5.62. The number of benzene rings is 1. The minimum absolute atomic E-state index is 0.0495. The Hall–Kier alpha value is -1.47. The second kappa shape index (κ2) is 8.98. The molecule has 6 heteroatoms. The summed E-state index contributed by atoms with van der Waals surface area (Å²) in [5, 5.41) is 22.4. The molecule has 2 rings (SSSR count). The van der Waals surface area contributed by atoms with Gasteiger partial charge in [-0.15, -0.1) is 0 Å². The van der Waals surface area contributed by atoms with Gasteiger partial charge in [-0.2, -0.15) is 0 Å². The van der Waals surface area contributed by atoms with Crippen molar-refractivity contribution in [2.75, 3.05) is 39.5 Å². The molecule has 1 heterocycles. The van der Waals surface area contributed by atoms with Crippen LogP contribution in [0.4, 0.5) is 0 Å². The number of aliphatic hydroxyl groups excluding tert-OH is 2. The molecule has 1 saturated heterocycles. The fourth-order valence-electron chi connectivity index (χ4n) is 2.79. The van der Waals surface area contributed by atoms with E-state index in [0.717, 1.165) is 12.0 Å². The third kappa shape index (κ3) is 4.51. The topological polar surface area (TPSA) is 73.2 Å². The van der Waals surface area contributed by atoms with E-state index in [4.69, 9.17) is 9.84 Å². The molecule has 1 aliphatic heterocycles. The Morgan fingerprint density at radius 2 is 2.04 bits per heavy atom. The van der Waals surface area contributed by atoms with E-state index in [9.17, 15) is 9.90 Å². The molecule has 0 unspecified atom stereocenters. The maximum Gasteiger partial charge on any atom is 0.268 e. The van der Waals surface area contributed by atoms with Gasteiger partial charge < -0.3 is 14.9 Å². The van der Waals surface area contributed by atoms with Gasteiger partial charge in [0.25, 0.3) is 5.91 Å². The highest BCUT2D eigenvalue weighted by molar-refractivity contribution is 5.95. The highest BCUT2D eigenvalue weighted by Crippen LogP contribution is 2.17. The average molecular weight is 322 g/mol. The van der Waals surface area contributed by atoms with Crippen LogP contribution in [-0.2, 0) is 17.8 Å². The number of hydrogen-bond donors (Lipinski definition) is 2. The zero-order valence-electron chi connectivity index (χ0n) is 13.7. The normalized spacial score (nSPS) is 15.6. The third-order valence-electron chi connectivity index (χ3n) is 3.97. The summed E-state index contributed by atoms with van der Waals surface area (Å²) in [7, 11) is 0. The molecule has 0 atom stereocenters. The maximum atomic E-state index is 13.0. The molecule has 0 radical (unpaired) electrons. The van der Waals surface area contributed by atoms with Crippen molar-refractivity contribution in [3.63, 3.8) is 0 Å². The Morgan fingerprint density at radius 1 is 1.30 bits per heavy atom. The van der Waals surface area contributed by atoms with E-state index >= 15 is 0 Å². The van der Waals surface area contributed by atoms with E-state index in [2.05, 4.69) is 0 Å². The van der Waals surface area contributed by atoms with Crippen LogP contribution in [0.5, 0.6) is 0 Å². The standard InChI is InChI=1S/C17H26N2O4/c1-2-6-19(18-7-10-23-11-8-18)17(22)16-4-3-14(5-9-20)12-15(16)13-21/h3-4,12,20-21H,2,5-11,13H2,1H3. The van der Waals surface area contributed by atoms with Crippen molar-refractivity contribution < 1.29 is 19.7 Å². The van der Waals surface area contributed by atoms with Gasteiger partial charge in [-0.25, -0.2) is 5.01 Å². The first-order valence-corrected chi connectivity index (χ1v) is 8.19. The number of morpholine rings is 1. The van der Waals surface area contributed by atoms with Gasteiger partial charge in [0, 0.05) is 31.8 Å². The maximum absolute atomic E-state index is 13.0. The van der Waals surface area contributed by atoms with E-state index < -0.39 is 0 Å². The summed E-state index contributed by atoms with van der Waals surface area (Å²) in [6.07, 6.45) is 1.38. The molecule has 6 nitrogen and oxygen atoms in total. The molecule has 1 aromatic carbocycles. The summed E-state index contributed by atoms with van der Waals surface area (Å²) >= 11 is 0. The largest absolute Gasteiger partial charge is 0.396 e. The predicted molar refractivity (Wildman–Crippen MR) is 86.9 cm³/mol. The highest BCUT2D eigenvalue weighted by Gasteiger charge is 2.25. The van der Waals surface area contributed by atoms with Crippen molar-refractivity contribution in [1.82, 2.24) is 10.0 Å². The van der Waals surface area contributed by atoms with E-state index in [0.29, 0.717) is 50.4 Å². The number of amides is 1. The number of aliphatic hydroxyl groups is 2. The number of carbonyl (C=O) groups is 1. The van der Waals surface area contributed by atoms with Crippen molar-refractivity contribution in [2.24, 2.45) is 0 Å². The molecule has 1 amide bonds. The summed E-state index contributed by atoms with van der Waals surface area (Å²) in [5.41, 5.74) is 2.05. The molecule has 0 spiro atoms. The van der Waals surface area contributed by atoms with Gasteiger partial charge in [-0.3, -0.25) is 9.80 Å². The van der Waals surface area contributed by atoms with Crippen LogP contribution in [-0.4, -0.2) is 65.6 Å². The van der Waals surface area contributed by atoms with Crippen molar-refractivity contribution in [2.45, 2.75) is 26.4 Å². The molecule has 0 aromatic heterocycles. The Balaban J connectivity index is 2.24. The fourth-order valence-corrected chi connectivity index (χ4v) is 2.79. The molecular formula is C17H26N2O4. The number of hydrazine groups is 1. The van der Waals surface area contributed by atoms with Crippen LogP contribution in [0, 0.1) is 0 Å². The van der Waals surface area contributed by atoms with Crippen LogP contribution in [0.15, 0.2) is 18.2 Å². The molecule has 0 aliphatic carbocycles. The van der Waals surface area contributed by atoms with E-state index in [1.165, 1.54) is 0 Å². The summed E-state index contributed by atoms with van der Waals surface area (Å²) in [6, 6.07) is 5.39. The van der Waals surface area contributed by atoms with E-state index in [1.54, 1.807) is 17.1 Å². The minimum Gasteiger partial charge on any atom is -0.396 e. The lowest BCUT2D eigenvalue weighted by Gasteiger charge is -2.37. The van der Waals surface area contributed by atoms with Crippen LogP contribution >= 0.6 is 0 Å². The summed E-state index contributed by atoms with van der Waals surface area (Å²) in [6.45, 7) is 5.18. The first-order chi connectivity index (χ1) is 11.2. The molecule has 2 N–H and O–H groups in total. The van der Waals surface area contributed by atoms with Gasteiger partial charge in [0.2, 0.25) is 0 Å².